The van der Waals surface area contributed by atoms with Crippen LogP contribution in [0.2, 0.25) is 0 Å². The van der Waals surface area contributed by atoms with Crippen LogP contribution in [0.15, 0.2) is 24.5 Å². The van der Waals surface area contributed by atoms with Crippen LogP contribution >= 0.6 is 0 Å². The van der Waals surface area contributed by atoms with Gasteiger partial charge in [-0.3, -0.25) is 4.79 Å². The van der Waals surface area contributed by atoms with Gasteiger partial charge in [0.1, 0.15) is 11.3 Å². The predicted molar refractivity (Wildman–Crippen MR) is 116 cm³/mol. The molecule has 3 aromatic rings. The highest BCUT2D eigenvalue weighted by atomic mass is 19.4. The molecule has 0 spiro atoms. The van der Waals surface area contributed by atoms with Crippen LogP contribution in [0.1, 0.15) is 35.7 Å². The number of carbonyl (C=O) groups is 1. The van der Waals surface area contributed by atoms with Gasteiger partial charge in [0.05, 0.1) is 29.9 Å². The first-order valence-electron chi connectivity index (χ1n) is 10.6. The van der Waals surface area contributed by atoms with Crippen molar-refractivity contribution in [3.63, 3.8) is 0 Å². The lowest BCUT2D eigenvalue weighted by Crippen LogP contribution is -2.37. The van der Waals surface area contributed by atoms with Crippen LogP contribution in [0.5, 0.6) is 0 Å². The highest BCUT2D eigenvalue weighted by Crippen LogP contribution is 2.37. The number of hydrogen-bond acceptors (Lipinski definition) is 7. The largest absolute Gasteiger partial charge is 0.417 e. The lowest BCUT2D eigenvalue weighted by molar-refractivity contribution is -0.137. The van der Waals surface area contributed by atoms with E-state index in [4.69, 9.17) is 10.5 Å². The predicted octanol–water partition coefficient (Wildman–Crippen LogP) is 2.76. The second-order valence-electron chi connectivity index (χ2n) is 7.68. The molecule has 1 fully saturated rings. The first-order chi connectivity index (χ1) is 15.8. The van der Waals surface area contributed by atoms with Gasteiger partial charge in [-0.25, -0.2) is 14.5 Å². The van der Waals surface area contributed by atoms with Crippen molar-refractivity contribution in [3.8, 4) is 11.4 Å². The number of morpholine rings is 1. The van der Waals surface area contributed by atoms with Crippen molar-refractivity contribution in [2.75, 3.05) is 43.5 Å². The Balaban J connectivity index is 1.84. The molecule has 0 aromatic carbocycles. The number of nitrogens with two attached hydrogens (primary N) is 1. The molecule has 4 rings (SSSR count). The fourth-order valence-electron chi connectivity index (χ4n) is 3.59. The number of amides is 1. The molecule has 0 atom stereocenters. The van der Waals surface area contributed by atoms with Crippen LogP contribution in [0.4, 0.5) is 24.8 Å². The lowest BCUT2D eigenvalue weighted by atomic mass is 10.1. The quantitative estimate of drug-likeness (QED) is 0.541. The Bertz CT molecular complexity index is 1160. The van der Waals surface area contributed by atoms with Gasteiger partial charge in [-0.1, -0.05) is 13.3 Å². The number of ether oxygens (including phenoxy) is 1. The average Bonchev–Trinajstić information content (AvgIpc) is 3.23. The third-order valence-electron chi connectivity index (χ3n) is 5.30. The Kier molecular flexibility index (Phi) is 6.36. The minimum atomic E-state index is -4.68. The molecule has 1 aliphatic rings. The molecular formula is C21H24F3N7O2. The van der Waals surface area contributed by atoms with Crippen molar-refractivity contribution >= 4 is 23.1 Å². The molecular weight excluding hydrogens is 439 g/mol. The van der Waals surface area contributed by atoms with Crippen LogP contribution in [0.3, 0.4) is 0 Å². The van der Waals surface area contributed by atoms with E-state index in [1.54, 1.807) is 6.07 Å². The number of hydrogen-bond donors (Lipinski definition) is 2. The van der Waals surface area contributed by atoms with Gasteiger partial charge in [0.25, 0.3) is 5.91 Å². The zero-order chi connectivity index (χ0) is 23.6. The van der Waals surface area contributed by atoms with Gasteiger partial charge in [-0.05, 0) is 18.6 Å². The summed E-state index contributed by atoms with van der Waals surface area (Å²) in [4.78, 5) is 22.8. The zero-order valence-corrected chi connectivity index (χ0v) is 18.0. The summed E-state index contributed by atoms with van der Waals surface area (Å²) >= 11 is 0. The van der Waals surface area contributed by atoms with E-state index >= 15 is 0 Å². The van der Waals surface area contributed by atoms with Gasteiger partial charge in [-0.2, -0.15) is 13.2 Å². The summed E-state index contributed by atoms with van der Waals surface area (Å²) in [5.74, 6) is -0.292. The molecule has 12 heteroatoms. The molecule has 1 saturated heterocycles. The van der Waals surface area contributed by atoms with Gasteiger partial charge in [-0.15, -0.1) is 5.10 Å². The molecule has 9 nitrogen and oxygen atoms in total. The summed E-state index contributed by atoms with van der Waals surface area (Å²) in [5.41, 5.74) is 5.09. The number of aromatic nitrogens is 4. The minimum Gasteiger partial charge on any atom is -0.384 e. The maximum absolute atomic E-state index is 13.7. The molecule has 176 valence electrons. The molecule has 33 heavy (non-hydrogen) atoms. The fraction of sp³-hybridized carbons (Fsp3) is 0.429. The Morgan fingerprint density at radius 3 is 2.73 bits per heavy atom. The average molecular weight is 463 g/mol. The van der Waals surface area contributed by atoms with Crippen LogP contribution < -0.4 is 16.0 Å². The van der Waals surface area contributed by atoms with Crippen molar-refractivity contribution in [1.29, 1.82) is 0 Å². The van der Waals surface area contributed by atoms with E-state index in [0.717, 1.165) is 25.1 Å². The number of halogens is 3. The third kappa shape index (κ3) is 4.85. The minimum absolute atomic E-state index is 0.169. The Labute approximate surface area is 187 Å². The first kappa shape index (κ1) is 22.8. The van der Waals surface area contributed by atoms with E-state index in [1.807, 2.05) is 11.8 Å². The number of carbonyl (C=O) groups excluding carboxylic acids is 1. The van der Waals surface area contributed by atoms with Crippen molar-refractivity contribution < 1.29 is 22.7 Å². The van der Waals surface area contributed by atoms with Gasteiger partial charge in [0, 0.05) is 32.0 Å². The zero-order valence-electron chi connectivity index (χ0n) is 18.0. The van der Waals surface area contributed by atoms with E-state index < -0.39 is 11.7 Å². The van der Waals surface area contributed by atoms with Crippen LogP contribution in [-0.2, 0) is 10.9 Å². The standard InChI is InChI=1S/C21H24F3N7O2/c1-2-3-4-26-20(32)13-9-16-19(30-5-7-33-8-6-30)28-18(29-31(16)12-13)14-11-27-17(25)10-15(14)21(22,23)24/h9-12H,2-8H2,1H3,(H2,25,27)(H,26,32). The topological polar surface area (TPSA) is 111 Å². The number of nitrogens with one attached hydrogen (secondary N) is 1. The summed E-state index contributed by atoms with van der Waals surface area (Å²) in [7, 11) is 0. The molecule has 0 bridgehead atoms. The maximum atomic E-state index is 13.7. The van der Waals surface area contributed by atoms with E-state index in [2.05, 4.69) is 20.4 Å². The first-order valence-corrected chi connectivity index (χ1v) is 10.6. The van der Waals surface area contributed by atoms with Crippen molar-refractivity contribution in [3.05, 3.63) is 35.7 Å². The van der Waals surface area contributed by atoms with Crippen molar-refractivity contribution in [2.24, 2.45) is 0 Å². The van der Waals surface area contributed by atoms with Crippen molar-refractivity contribution in [1.82, 2.24) is 24.9 Å². The molecule has 1 aliphatic heterocycles. The van der Waals surface area contributed by atoms with E-state index in [0.29, 0.717) is 49.7 Å². The molecule has 0 saturated carbocycles. The Morgan fingerprint density at radius 1 is 1.27 bits per heavy atom. The number of rotatable bonds is 6. The summed E-state index contributed by atoms with van der Waals surface area (Å²) < 4.78 is 47.9. The summed E-state index contributed by atoms with van der Waals surface area (Å²) in [5, 5.41) is 7.13. The van der Waals surface area contributed by atoms with Crippen LogP contribution in [-0.4, -0.2) is 58.3 Å². The normalized spacial score (nSPS) is 14.6. The number of fused-ring (bicyclic) bond motifs is 1. The SMILES string of the molecule is CCCCNC(=O)c1cc2c(N3CCOCC3)nc(-c3cnc(N)cc3C(F)(F)F)nn2c1. The summed E-state index contributed by atoms with van der Waals surface area (Å²) in [6, 6.07) is 2.40. The number of pyridine rings is 1. The van der Waals surface area contributed by atoms with Gasteiger partial charge >= 0.3 is 6.18 Å². The van der Waals surface area contributed by atoms with Gasteiger partial charge in [0.15, 0.2) is 11.6 Å². The summed E-state index contributed by atoms with van der Waals surface area (Å²) in [6.45, 7) is 4.46. The molecule has 0 unspecified atom stereocenters. The van der Waals surface area contributed by atoms with E-state index in [-0.39, 0.29) is 23.1 Å². The number of unbranched alkanes of at least 4 members (excludes halogenated alkanes) is 1. The van der Waals surface area contributed by atoms with Gasteiger partial charge in [0.2, 0.25) is 0 Å². The second kappa shape index (κ2) is 9.22. The van der Waals surface area contributed by atoms with Gasteiger partial charge < -0.3 is 20.7 Å². The van der Waals surface area contributed by atoms with Crippen LogP contribution in [0.25, 0.3) is 16.9 Å². The smallest absolute Gasteiger partial charge is 0.384 e. The second-order valence-corrected chi connectivity index (χ2v) is 7.68. The monoisotopic (exact) mass is 463 g/mol. The third-order valence-corrected chi connectivity index (χ3v) is 5.30. The molecule has 0 aliphatic carbocycles. The molecule has 0 radical (unpaired) electrons. The number of anilines is 2. The molecule has 3 aromatic heterocycles. The number of alkyl halides is 3. The molecule has 3 N–H and O–H groups in total. The van der Waals surface area contributed by atoms with E-state index in [1.165, 1.54) is 10.7 Å². The Morgan fingerprint density at radius 2 is 2.03 bits per heavy atom. The Hall–Kier alpha value is -3.41. The highest BCUT2D eigenvalue weighted by molar-refractivity contribution is 5.96. The van der Waals surface area contributed by atoms with Crippen LogP contribution in [0, 0.1) is 0 Å². The van der Waals surface area contributed by atoms with Crippen molar-refractivity contribution in [2.45, 2.75) is 25.9 Å². The maximum Gasteiger partial charge on any atom is 0.417 e. The fourth-order valence-corrected chi connectivity index (χ4v) is 3.59. The molecule has 4 heterocycles. The summed E-state index contributed by atoms with van der Waals surface area (Å²) in [6.07, 6.45) is -0.392. The number of nitrogens with zero attached hydrogens (tertiary/aromatic N) is 5. The highest BCUT2D eigenvalue weighted by Gasteiger charge is 2.35. The number of nitrogen functional groups attached to an aromatic ring is 1. The molecule has 1 amide bonds. The lowest BCUT2D eigenvalue weighted by Gasteiger charge is -2.28. The van der Waals surface area contributed by atoms with E-state index in [9.17, 15) is 18.0 Å².